The van der Waals surface area contributed by atoms with Crippen LogP contribution < -0.4 is 19.7 Å². The zero-order valence-electron chi connectivity index (χ0n) is 19.1. The second kappa shape index (κ2) is 8.62. The molecule has 1 aromatic heterocycles. The molecule has 3 aromatic carbocycles. The van der Waals surface area contributed by atoms with E-state index in [1.165, 1.54) is 0 Å². The van der Waals surface area contributed by atoms with E-state index in [4.69, 9.17) is 19.6 Å². The molecular weight excluding hydrogens is 414 g/mol. The van der Waals surface area contributed by atoms with Gasteiger partial charge in [-0.3, -0.25) is 5.41 Å². The van der Waals surface area contributed by atoms with Crippen molar-refractivity contribution < 1.29 is 14.2 Å². The molecule has 4 aromatic rings. The van der Waals surface area contributed by atoms with Gasteiger partial charge < -0.3 is 18.8 Å². The van der Waals surface area contributed by atoms with Gasteiger partial charge >= 0.3 is 0 Å². The van der Waals surface area contributed by atoms with Crippen LogP contribution in [0.5, 0.6) is 23.1 Å². The number of aryl methyl sites for hydroxylation is 1. The number of nitrogens with zero attached hydrogens (tertiary/aromatic N) is 2. The summed E-state index contributed by atoms with van der Waals surface area (Å²) < 4.78 is 19.3. The molecule has 0 amide bonds. The third-order valence-corrected chi connectivity index (χ3v) is 6.30. The molecule has 6 heteroatoms. The minimum atomic E-state index is -0.233. The molecule has 0 bridgehead atoms. The highest BCUT2D eigenvalue weighted by Crippen LogP contribution is 2.49. The van der Waals surface area contributed by atoms with E-state index in [0.717, 1.165) is 52.6 Å². The summed E-state index contributed by atoms with van der Waals surface area (Å²) in [5, 5.41) is 11.3. The maximum Gasteiger partial charge on any atom is 0.228 e. The zero-order chi connectivity index (χ0) is 22.9. The second-order valence-electron chi connectivity index (χ2n) is 8.21. The first-order valence-electron chi connectivity index (χ1n) is 11.2. The van der Waals surface area contributed by atoms with Gasteiger partial charge in [0.15, 0.2) is 11.5 Å². The summed E-state index contributed by atoms with van der Waals surface area (Å²) >= 11 is 0. The molecule has 1 aliphatic heterocycles. The van der Waals surface area contributed by atoms with Gasteiger partial charge in [-0.05, 0) is 41.0 Å². The number of methoxy groups -OCH3 is 2. The number of unbranched alkanes of at least 4 members (excludes halogenated alkanes) is 1. The van der Waals surface area contributed by atoms with Gasteiger partial charge in [0.05, 0.1) is 19.8 Å². The van der Waals surface area contributed by atoms with Crippen LogP contribution in [0.15, 0.2) is 60.9 Å². The summed E-state index contributed by atoms with van der Waals surface area (Å²) in [7, 11) is 3.27. The molecule has 1 N–H and O–H groups in total. The molecule has 2 heterocycles. The van der Waals surface area contributed by atoms with Crippen molar-refractivity contribution in [2.24, 2.45) is 0 Å². The molecular formula is C27H27N3O3. The minimum absolute atomic E-state index is 0.233. The van der Waals surface area contributed by atoms with Crippen molar-refractivity contribution in [2.45, 2.75) is 32.2 Å². The summed E-state index contributed by atoms with van der Waals surface area (Å²) in [5.74, 6) is 2.33. The molecule has 0 spiro atoms. The predicted molar refractivity (Wildman–Crippen MR) is 128 cm³/mol. The molecule has 0 saturated heterocycles. The van der Waals surface area contributed by atoms with Crippen LogP contribution in [0.4, 0.5) is 0 Å². The Kier molecular flexibility index (Phi) is 5.50. The molecule has 0 unspecified atom stereocenters. The van der Waals surface area contributed by atoms with Crippen molar-refractivity contribution in [1.82, 2.24) is 9.55 Å². The summed E-state index contributed by atoms with van der Waals surface area (Å²) in [6, 6.07) is 18.3. The maximum absolute atomic E-state index is 9.10. The van der Waals surface area contributed by atoms with Crippen molar-refractivity contribution in [3.63, 3.8) is 0 Å². The molecule has 6 nitrogen and oxygen atoms in total. The van der Waals surface area contributed by atoms with E-state index in [9.17, 15) is 0 Å². The van der Waals surface area contributed by atoms with E-state index in [1.807, 2.05) is 41.0 Å². The number of hydrogen-bond acceptors (Lipinski definition) is 5. The van der Waals surface area contributed by atoms with Gasteiger partial charge in [0.2, 0.25) is 5.88 Å². The molecule has 0 aliphatic carbocycles. The smallest absolute Gasteiger partial charge is 0.228 e. The first-order chi connectivity index (χ1) is 16.2. The highest BCUT2D eigenvalue weighted by molar-refractivity contribution is 5.90. The summed E-state index contributed by atoms with van der Waals surface area (Å²) in [4.78, 5) is 4.63. The largest absolute Gasteiger partial charge is 0.493 e. The third-order valence-electron chi connectivity index (χ3n) is 6.30. The summed E-state index contributed by atoms with van der Waals surface area (Å²) in [5.41, 5.74) is 3.23. The van der Waals surface area contributed by atoms with Crippen LogP contribution in [-0.4, -0.2) is 23.8 Å². The highest BCUT2D eigenvalue weighted by atomic mass is 16.5. The zero-order valence-corrected chi connectivity index (χ0v) is 19.1. The number of fused-ring (bicyclic) bond motifs is 4. The Bertz CT molecular complexity index is 1390. The lowest BCUT2D eigenvalue weighted by Gasteiger charge is -2.30. The molecule has 0 saturated carbocycles. The number of hydrogen-bond donors (Lipinski definition) is 1. The summed E-state index contributed by atoms with van der Waals surface area (Å²) in [6.45, 7) is 2.89. The fraction of sp³-hybridized carbons (Fsp3) is 0.259. The van der Waals surface area contributed by atoms with E-state index >= 15 is 0 Å². The Morgan fingerprint density at radius 1 is 1.00 bits per heavy atom. The van der Waals surface area contributed by atoms with Gasteiger partial charge in [0, 0.05) is 18.0 Å². The molecule has 5 rings (SSSR count). The lowest BCUT2D eigenvalue weighted by atomic mass is 9.81. The van der Waals surface area contributed by atoms with Gasteiger partial charge in [-0.15, -0.1) is 0 Å². The molecule has 0 radical (unpaired) electrons. The number of nitrogens with one attached hydrogen (secondary N) is 1. The molecule has 1 atom stereocenters. The van der Waals surface area contributed by atoms with E-state index in [0.29, 0.717) is 22.9 Å². The normalized spacial score (nSPS) is 14.3. The van der Waals surface area contributed by atoms with E-state index in [-0.39, 0.29) is 5.92 Å². The van der Waals surface area contributed by atoms with Crippen LogP contribution in [0.25, 0.3) is 10.8 Å². The van der Waals surface area contributed by atoms with Gasteiger partial charge in [-0.1, -0.05) is 49.7 Å². The monoisotopic (exact) mass is 441 g/mol. The molecule has 0 fully saturated rings. The number of rotatable bonds is 6. The lowest BCUT2D eigenvalue weighted by Crippen LogP contribution is -2.30. The third kappa shape index (κ3) is 3.52. The van der Waals surface area contributed by atoms with Crippen molar-refractivity contribution >= 4 is 10.8 Å². The standard InChI is InChI=1S/C27H27N3O3/c1-4-5-14-30-16-29-27-25(26(30)28)23(18-11-12-20(31-2)22(15-18)32-3)24-19-9-7-6-8-17(19)10-13-21(24)33-27/h6-13,15-16,23,28H,4-5,14H2,1-3H3/t23-/m1/s1. The Labute approximate surface area is 192 Å². The Balaban J connectivity index is 1.81. The van der Waals surface area contributed by atoms with Crippen molar-refractivity contribution in [3.05, 3.63) is 83.1 Å². The second-order valence-corrected chi connectivity index (χ2v) is 8.21. The van der Waals surface area contributed by atoms with Crippen LogP contribution in [-0.2, 0) is 6.54 Å². The number of ether oxygens (including phenoxy) is 3. The quantitative estimate of drug-likeness (QED) is 0.371. The fourth-order valence-electron chi connectivity index (χ4n) is 4.62. The Morgan fingerprint density at radius 2 is 1.82 bits per heavy atom. The van der Waals surface area contributed by atoms with Crippen LogP contribution in [0.2, 0.25) is 0 Å². The van der Waals surface area contributed by atoms with E-state index < -0.39 is 0 Å². The number of aromatic nitrogens is 2. The van der Waals surface area contributed by atoms with Crippen molar-refractivity contribution in [1.29, 1.82) is 5.41 Å². The van der Waals surface area contributed by atoms with Crippen LogP contribution in [0, 0.1) is 5.41 Å². The highest BCUT2D eigenvalue weighted by Gasteiger charge is 2.34. The van der Waals surface area contributed by atoms with Gasteiger partial charge in [0.1, 0.15) is 17.6 Å². The average molecular weight is 442 g/mol. The van der Waals surface area contributed by atoms with Crippen molar-refractivity contribution in [3.8, 4) is 23.1 Å². The lowest BCUT2D eigenvalue weighted by molar-refractivity contribution is 0.354. The van der Waals surface area contributed by atoms with Crippen LogP contribution in [0.3, 0.4) is 0 Å². The number of benzene rings is 3. The Hall–Kier alpha value is -3.80. The topological polar surface area (TPSA) is 69.4 Å². The maximum atomic E-state index is 9.10. The van der Waals surface area contributed by atoms with Crippen LogP contribution in [0.1, 0.15) is 42.4 Å². The van der Waals surface area contributed by atoms with Gasteiger partial charge in [0.25, 0.3) is 0 Å². The first-order valence-corrected chi connectivity index (χ1v) is 11.2. The van der Waals surface area contributed by atoms with Gasteiger partial charge in [-0.2, -0.15) is 0 Å². The van der Waals surface area contributed by atoms with Crippen molar-refractivity contribution in [2.75, 3.05) is 14.2 Å². The SMILES string of the molecule is CCCCn1cnc2c(c1=N)[C@H](c1ccc(OC)c(OC)c1)c1c(ccc3ccccc13)O2. The van der Waals surface area contributed by atoms with Gasteiger partial charge in [-0.25, -0.2) is 4.98 Å². The first kappa shape index (κ1) is 21.1. The minimum Gasteiger partial charge on any atom is -0.493 e. The molecule has 33 heavy (non-hydrogen) atoms. The predicted octanol–water partition coefficient (Wildman–Crippen LogP) is 5.62. The fourth-order valence-corrected chi connectivity index (χ4v) is 4.62. The summed E-state index contributed by atoms with van der Waals surface area (Å²) in [6.07, 6.45) is 3.75. The average Bonchev–Trinajstić information content (AvgIpc) is 2.86. The Morgan fingerprint density at radius 3 is 2.61 bits per heavy atom. The van der Waals surface area contributed by atoms with E-state index in [1.54, 1.807) is 20.5 Å². The van der Waals surface area contributed by atoms with Crippen LogP contribution >= 0.6 is 0 Å². The molecule has 1 aliphatic rings. The van der Waals surface area contributed by atoms with E-state index in [2.05, 4.69) is 30.1 Å². The molecule has 168 valence electrons.